The number of amides is 1. The standard InChI is InChI=1S/C12H14BrNO4/c1-8(12(17)14(2)7-11(15)16)18-10-5-3-9(13)4-6-10/h3-6,8H,7H2,1-2H3,(H,15,16). The first-order valence-corrected chi connectivity index (χ1v) is 6.08. The van der Waals surface area contributed by atoms with Crippen molar-refractivity contribution in [3.63, 3.8) is 0 Å². The van der Waals surface area contributed by atoms with Crippen molar-refractivity contribution in [3.05, 3.63) is 28.7 Å². The summed E-state index contributed by atoms with van der Waals surface area (Å²) in [6.45, 7) is 1.25. The molecule has 0 saturated carbocycles. The van der Waals surface area contributed by atoms with Crippen LogP contribution in [-0.2, 0) is 9.59 Å². The summed E-state index contributed by atoms with van der Waals surface area (Å²) in [6, 6.07) is 7.05. The molecule has 1 amide bonds. The Morgan fingerprint density at radius 2 is 1.94 bits per heavy atom. The Balaban J connectivity index is 2.59. The number of halogens is 1. The van der Waals surface area contributed by atoms with E-state index in [1.165, 1.54) is 7.05 Å². The van der Waals surface area contributed by atoms with Crippen molar-refractivity contribution in [2.45, 2.75) is 13.0 Å². The molecule has 0 bridgehead atoms. The molecule has 18 heavy (non-hydrogen) atoms. The molecule has 0 radical (unpaired) electrons. The lowest BCUT2D eigenvalue weighted by atomic mass is 10.3. The van der Waals surface area contributed by atoms with Gasteiger partial charge in [0.2, 0.25) is 0 Å². The Morgan fingerprint density at radius 1 is 1.39 bits per heavy atom. The van der Waals surface area contributed by atoms with Crippen molar-refractivity contribution in [2.24, 2.45) is 0 Å². The van der Waals surface area contributed by atoms with Crippen LogP contribution in [0, 0.1) is 0 Å². The Kier molecular flexibility index (Phi) is 5.15. The Bertz CT molecular complexity index is 432. The topological polar surface area (TPSA) is 66.8 Å². The van der Waals surface area contributed by atoms with Crippen LogP contribution in [0.4, 0.5) is 0 Å². The molecule has 1 rings (SSSR count). The summed E-state index contributed by atoms with van der Waals surface area (Å²) >= 11 is 3.29. The fourth-order valence-electron chi connectivity index (χ4n) is 1.36. The van der Waals surface area contributed by atoms with Crippen LogP contribution >= 0.6 is 15.9 Å². The van der Waals surface area contributed by atoms with Crippen LogP contribution in [0.1, 0.15) is 6.92 Å². The SMILES string of the molecule is CC(Oc1ccc(Br)cc1)C(=O)N(C)CC(=O)O. The molecule has 0 heterocycles. The van der Waals surface area contributed by atoms with Crippen molar-refractivity contribution in [1.29, 1.82) is 0 Å². The van der Waals surface area contributed by atoms with Crippen molar-refractivity contribution >= 4 is 27.8 Å². The van der Waals surface area contributed by atoms with Gasteiger partial charge in [0.1, 0.15) is 12.3 Å². The maximum absolute atomic E-state index is 11.8. The number of benzene rings is 1. The summed E-state index contributed by atoms with van der Waals surface area (Å²) in [5.41, 5.74) is 0. The number of aliphatic carboxylic acids is 1. The summed E-state index contributed by atoms with van der Waals surface area (Å²) in [7, 11) is 1.43. The molecule has 1 atom stereocenters. The van der Waals surface area contributed by atoms with Crippen LogP contribution in [0.15, 0.2) is 28.7 Å². The summed E-state index contributed by atoms with van der Waals surface area (Å²) < 4.78 is 6.34. The molecule has 0 aliphatic heterocycles. The molecule has 5 nitrogen and oxygen atoms in total. The van der Waals surface area contributed by atoms with E-state index in [-0.39, 0.29) is 12.5 Å². The number of rotatable bonds is 5. The zero-order valence-electron chi connectivity index (χ0n) is 10.1. The van der Waals surface area contributed by atoms with Gasteiger partial charge in [-0.1, -0.05) is 15.9 Å². The zero-order chi connectivity index (χ0) is 13.7. The lowest BCUT2D eigenvalue weighted by Crippen LogP contribution is -2.40. The number of carbonyl (C=O) groups excluding carboxylic acids is 1. The number of carbonyl (C=O) groups is 2. The minimum Gasteiger partial charge on any atom is -0.481 e. The number of ether oxygens (including phenoxy) is 1. The predicted octanol–water partition coefficient (Wildman–Crippen LogP) is 1.76. The number of carboxylic acid groups (broad SMARTS) is 1. The quantitative estimate of drug-likeness (QED) is 0.899. The van der Waals surface area contributed by atoms with E-state index in [1.54, 1.807) is 31.2 Å². The summed E-state index contributed by atoms with van der Waals surface area (Å²) in [5, 5.41) is 8.59. The van der Waals surface area contributed by atoms with Crippen molar-refractivity contribution in [1.82, 2.24) is 4.90 Å². The number of likely N-dealkylation sites (N-methyl/N-ethyl adjacent to an activating group) is 1. The van der Waals surface area contributed by atoms with Crippen molar-refractivity contribution < 1.29 is 19.4 Å². The van der Waals surface area contributed by atoms with Crippen LogP contribution < -0.4 is 4.74 Å². The summed E-state index contributed by atoms with van der Waals surface area (Å²) in [5.74, 6) is -0.871. The second-order valence-electron chi connectivity index (χ2n) is 3.80. The molecule has 0 saturated heterocycles. The van der Waals surface area contributed by atoms with E-state index < -0.39 is 12.1 Å². The predicted molar refractivity (Wildman–Crippen MR) is 69.5 cm³/mol. The van der Waals surface area contributed by atoms with E-state index in [9.17, 15) is 9.59 Å². The summed E-state index contributed by atoms with van der Waals surface area (Å²) in [4.78, 5) is 23.4. The molecule has 1 unspecified atom stereocenters. The van der Waals surface area contributed by atoms with Crippen LogP contribution in [0.2, 0.25) is 0 Å². The maximum atomic E-state index is 11.8. The first-order chi connectivity index (χ1) is 8.40. The van der Waals surface area contributed by atoms with E-state index in [1.807, 2.05) is 0 Å². The average Bonchev–Trinajstić information content (AvgIpc) is 2.30. The molecule has 98 valence electrons. The molecular weight excluding hydrogens is 302 g/mol. The third-order valence-electron chi connectivity index (χ3n) is 2.22. The van der Waals surface area contributed by atoms with E-state index in [0.717, 1.165) is 9.37 Å². The smallest absolute Gasteiger partial charge is 0.323 e. The fourth-order valence-corrected chi connectivity index (χ4v) is 1.62. The number of hydrogen-bond acceptors (Lipinski definition) is 3. The highest BCUT2D eigenvalue weighted by Gasteiger charge is 2.20. The first kappa shape index (κ1) is 14.5. The maximum Gasteiger partial charge on any atom is 0.323 e. The molecule has 0 spiro atoms. The van der Waals surface area contributed by atoms with Gasteiger partial charge in [-0.05, 0) is 31.2 Å². The lowest BCUT2D eigenvalue weighted by Gasteiger charge is -2.20. The molecule has 0 aliphatic rings. The Hall–Kier alpha value is -1.56. The summed E-state index contributed by atoms with van der Waals surface area (Å²) in [6.07, 6.45) is -0.726. The number of carboxylic acids is 1. The normalized spacial score (nSPS) is 11.7. The van der Waals surface area contributed by atoms with E-state index in [2.05, 4.69) is 15.9 Å². The largest absolute Gasteiger partial charge is 0.481 e. The number of hydrogen-bond donors (Lipinski definition) is 1. The molecule has 1 aromatic rings. The second-order valence-corrected chi connectivity index (χ2v) is 4.72. The van der Waals surface area contributed by atoms with E-state index in [4.69, 9.17) is 9.84 Å². The van der Waals surface area contributed by atoms with Gasteiger partial charge in [0.25, 0.3) is 5.91 Å². The van der Waals surface area contributed by atoms with Gasteiger partial charge in [0, 0.05) is 11.5 Å². The Labute approximate surface area is 113 Å². The molecule has 1 N–H and O–H groups in total. The van der Waals surface area contributed by atoms with Crippen LogP contribution in [-0.4, -0.2) is 41.6 Å². The average molecular weight is 316 g/mol. The molecule has 0 aliphatic carbocycles. The lowest BCUT2D eigenvalue weighted by molar-refractivity contribution is -0.146. The zero-order valence-corrected chi connectivity index (χ0v) is 11.7. The minimum absolute atomic E-state index is 0.340. The molecule has 6 heteroatoms. The van der Waals surface area contributed by atoms with Gasteiger partial charge in [0.05, 0.1) is 0 Å². The van der Waals surface area contributed by atoms with Gasteiger partial charge in [-0.15, -0.1) is 0 Å². The van der Waals surface area contributed by atoms with Gasteiger partial charge in [-0.2, -0.15) is 0 Å². The van der Waals surface area contributed by atoms with Gasteiger partial charge < -0.3 is 14.7 Å². The third kappa shape index (κ3) is 4.37. The van der Waals surface area contributed by atoms with Crippen LogP contribution in [0.5, 0.6) is 5.75 Å². The fraction of sp³-hybridized carbons (Fsp3) is 0.333. The monoisotopic (exact) mass is 315 g/mol. The van der Waals surface area contributed by atoms with Crippen LogP contribution in [0.25, 0.3) is 0 Å². The molecular formula is C12H14BrNO4. The first-order valence-electron chi connectivity index (χ1n) is 5.29. The van der Waals surface area contributed by atoms with Crippen LogP contribution in [0.3, 0.4) is 0 Å². The van der Waals surface area contributed by atoms with Gasteiger partial charge in [-0.25, -0.2) is 0 Å². The molecule has 0 aromatic heterocycles. The Morgan fingerprint density at radius 3 is 2.44 bits per heavy atom. The van der Waals surface area contributed by atoms with Gasteiger partial charge >= 0.3 is 5.97 Å². The van der Waals surface area contributed by atoms with Crippen molar-refractivity contribution in [3.8, 4) is 5.75 Å². The highest BCUT2D eigenvalue weighted by atomic mass is 79.9. The minimum atomic E-state index is -1.05. The third-order valence-corrected chi connectivity index (χ3v) is 2.75. The van der Waals surface area contributed by atoms with Crippen molar-refractivity contribution in [2.75, 3.05) is 13.6 Å². The van der Waals surface area contributed by atoms with Gasteiger partial charge in [0.15, 0.2) is 6.10 Å². The number of nitrogens with zero attached hydrogens (tertiary/aromatic N) is 1. The molecule has 1 aromatic carbocycles. The highest BCUT2D eigenvalue weighted by molar-refractivity contribution is 9.10. The van der Waals surface area contributed by atoms with E-state index >= 15 is 0 Å². The highest BCUT2D eigenvalue weighted by Crippen LogP contribution is 2.17. The van der Waals surface area contributed by atoms with Gasteiger partial charge in [-0.3, -0.25) is 9.59 Å². The van der Waals surface area contributed by atoms with E-state index in [0.29, 0.717) is 5.75 Å². The second kappa shape index (κ2) is 6.39. The molecule has 0 fully saturated rings.